The zero-order valence-electron chi connectivity index (χ0n) is 17.3. The second-order valence-electron chi connectivity index (χ2n) is 7.84. The van der Waals surface area contributed by atoms with Crippen molar-refractivity contribution in [3.63, 3.8) is 0 Å². The number of carbonyl (C=O) groups is 1. The van der Waals surface area contributed by atoms with Gasteiger partial charge in [0.2, 0.25) is 0 Å². The van der Waals surface area contributed by atoms with Crippen LogP contribution in [0.3, 0.4) is 0 Å². The first kappa shape index (κ1) is 20.6. The molecule has 2 aromatic carbocycles. The summed E-state index contributed by atoms with van der Waals surface area (Å²) in [7, 11) is 0. The molecule has 4 rings (SSSR count). The van der Waals surface area contributed by atoms with Gasteiger partial charge in [0.15, 0.2) is 0 Å². The minimum absolute atomic E-state index is 0.172. The van der Waals surface area contributed by atoms with Crippen LogP contribution in [0, 0.1) is 0 Å². The third-order valence-corrected chi connectivity index (χ3v) is 5.76. The number of amidine groups is 1. The molecule has 2 heterocycles. The molecule has 0 aromatic heterocycles. The van der Waals surface area contributed by atoms with Crippen molar-refractivity contribution >= 4 is 17.5 Å². The van der Waals surface area contributed by atoms with Crippen molar-refractivity contribution in [3.05, 3.63) is 65.2 Å². The van der Waals surface area contributed by atoms with Gasteiger partial charge in [-0.15, -0.1) is 0 Å². The summed E-state index contributed by atoms with van der Waals surface area (Å²) >= 11 is 0. The predicted molar refractivity (Wildman–Crippen MR) is 118 cm³/mol. The maximum absolute atomic E-state index is 10.5. The predicted octanol–water partition coefficient (Wildman–Crippen LogP) is 3.17. The fraction of sp³-hybridized carbons (Fsp3) is 0.417. The van der Waals surface area contributed by atoms with Crippen molar-refractivity contribution in [2.75, 3.05) is 45.9 Å². The molecule has 6 nitrogen and oxygen atoms in total. The summed E-state index contributed by atoms with van der Waals surface area (Å²) < 4.78 is 5.59. The van der Waals surface area contributed by atoms with E-state index in [1.54, 1.807) is 0 Å². The molecule has 30 heavy (non-hydrogen) atoms. The quantitative estimate of drug-likeness (QED) is 0.714. The summed E-state index contributed by atoms with van der Waals surface area (Å²) in [6, 6.07) is 17.0. The van der Waals surface area contributed by atoms with E-state index in [9.17, 15) is 4.79 Å². The van der Waals surface area contributed by atoms with Gasteiger partial charge in [0, 0.05) is 57.7 Å². The van der Waals surface area contributed by atoms with Crippen LogP contribution in [-0.2, 0) is 16.0 Å². The molecular weight excluding hydrogens is 378 g/mol. The van der Waals surface area contributed by atoms with Gasteiger partial charge in [0.1, 0.15) is 5.84 Å². The van der Waals surface area contributed by atoms with Crippen LogP contribution in [0.15, 0.2) is 53.5 Å². The van der Waals surface area contributed by atoms with Crippen LogP contribution in [0.2, 0.25) is 0 Å². The molecule has 0 atom stereocenters. The number of piperazine rings is 1. The van der Waals surface area contributed by atoms with E-state index in [4.69, 9.17) is 14.8 Å². The Balaban J connectivity index is 1.36. The van der Waals surface area contributed by atoms with Crippen LogP contribution < -0.4 is 0 Å². The van der Waals surface area contributed by atoms with Crippen LogP contribution in [-0.4, -0.2) is 72.6 Å². The van der Waals surface area contributed by atoms with Crippen LogP contribution in [0.25, 0.3) is 0 Å². The summed E-state index contributed by atoms with van der Waals surface area (Å²) in [5.74, 6) is 0.320. The van der Waals surface area contributed by atoms with Gasteiger partial charge >= 0.3 is 5.97 Å². The topological polar surface area (TPSA) is 65.4 Å². The van der Waals surface area contributed by atoms with Crippen LogP contribution in [0.1, 0.15) is 29.5 Å². The number of carboxylic acid groups (broad SMARTS) is 1. The molecule has 158 valence electrons. The Kier molecular flexibility index (Phi) is 6.77. The van der Waals surface area contributed by atoms with Crippen molar-refractivity contribution in [3.8, 4) is 0 Å². The fourth-order valence-corrected chi connectivity index (χ4v) is 4.09. The average Bonchev–Trinajstić information content (AvgIpc) is 2.93. The Labute approximate surface area is 177 Å². The monoisotopic (exact) mass is 407 g/mol. The molecule has 0 unspecified atom stereocenters. The van der Waals surface area contributed by atoms with E-state index in [1.165, 1.54) is 16.7 Å². The van der Waals surface area contributed by atoms with E-state index in [1.807, 2.05) is 0 Å². The summed E-state index contributed by atoms with van der Waals surface area (Å²) in [5, 5.41) is 8.66. The van der Waals surface area contributed by atoms with Gasteiger partial charge in [-0.05, 0) is 23.6 Å². The van der Waals surface area contributed by atoms with Crippen molar-refractivity contribution in [1.82, 2.24) is 9.80 Å². The molecule has 1 N–H and O–H groups in total. The minimum atomic E-state index is -0.764. The lowest BCUT2D eigenvalue weighted by molar-refractivity contribution is -0.137. The number of hydrogen-bond donors (Lipinski definition) is 1. The van der Waals surface area contributed by atoms with Crippen molar-refractivity contribution < 1.29 is 14.6 Å². The van der Waals surface area contributed by atoms with E-state index >= 15 is 0 Å². The third kappa shape index (κ3) is 5.07. The van der Waals surface area contributed by atoms with Gasteiger partial charge in [-0.2, -0.15) is 0 Å². The molecule has 0 bridgehead atoms. The molecule has 2 aromatic rings. The third-order valence-electron chi connectivity index (χ3n) is 5.76. The number of aliphatic carboxylic acids is 1. The molecule has 0 saturated carbocycles. The second-order valence-corrected chi connectivity index (χ2v) is 7.84. The van der Waals surface area contributed by atoms with Crippen molar-refractivity contribution in [2.24, 2.45) is 4.99 Å². The molecule has 1 fully saturated rings. The van der Waals surface area contributed by atoms with Gasteiger partial charge in [0.05, 0.1) is 12.3 Å². The molecule has 2 aliphatic heterocycles. The Bertz CT molecular complexity index is 904. The van der Waals surface area contributed by atoms with E-state index in [0.29, 0.717) is 19.6 Å². The molecule has 6 heteroatoms. The maximum atomic E-state index is 10.5. The number of para-hydroxylation sites is 1. The average molecular weight is 408 g/mol. The summed E-state index contributed by atoms with van der Waals surface area (Å²) in [4.78, 5) is 20.4. The van der Waals surface area contributed by atoms with Gasteiger partial charge in [-0.3, -0.25) is 9.69 Å². The highest BCUT2D eigenvalue weighted by Crippen LogP contribution is 2.29. The molecule has 0 radical (unpaired) electrons. The zero-order valence-corrected chi connectivity index (χ0v) is 17.3. The van der Waals surface area contributed by atoms with Gasteiger partial charge in [0.25, 0.3) is 0 Å². The minimum Gasteiger partial charge on any atom is -0.481 e. The van der Waals surface area contributed by atoms with Gasteiger partial charge in [-0.25, -0.2) is 4.99 Å². The van der Waals surface area contributed by atoms with Crippen molar-refractivity contribution in [2.45, 2.75) is 19.3 Å². The fourth-order valence-electron chi connectivity index (χ4n) is 4.09. The first-order valence-corrected chi connectivity index (χ1v) is 10.7. The Morgan fingerprint density at radius 1 is 0.967 bits per heavy atom. The first-order chi connectivity index (χ1) is 14.7. The van der Waals surface area contributed by atoms with E-state index in [0.717, 1.165) is 50.7 Å². The molecule has 0 aliphatic carbocycles. The van der Waals surface area contributed by atoms with Crippen LogP contribution in [0.5, 0.6) is 0 Å². The summed E-state index contributed by atoms with van der Waals surface area (Å²) in [6.45, 7) is 5.87. The Hall–Kier alpha value is -2.70. The normalized spacial score (nSPS) is 16.4. The molecule has 1 saturated heterocycles. The molecule has 0 amide bonds. The summed E-state index contributed by atoms with van der Waals surface area (Å²) in [6.07, 6.45) is 1.66. The van der Waals surface area contributed by atoms with Crippen molar-refractivity contribution in [1.29, 1.82) is 0 Å². The number of hydrogen-bond acceptors (Lipinski definition) is 5. The standard InChI is InChI=1S/C24H29N3O3/c28-23(29)10-5-16-30-17-15-26-11-13-27(14-12-26)24-21-8-3-1-6-19(21)18-20-7-2-4-9-22(20)25-24/h1-4,6-9H,5,10-18H2,(H,28,29). The summed E-state index contributed by atoms with van der Waals surface area (Å²) in [5.41, 5.74) is 4.92. The highest BCUT2D eigenvalue weighted by Gasteiger charge is 2.24. The number of fused-ring (bicyclic) bond motifs is 2. The van der Waals surface area contributed by atoms with Gasteiger partial charge in [-0.1, -0.05) is 42.5 Å². The Morgan fingerprint density at radius 3 is 2.50 bits per heavy atom. The smallest absolute Gasteiger partial charge is 0.303 e. The number of benzene rings is 2. The Morgan fingerprint density at radius 2 is 1.70 bits per heavy atom. The number of ether oxygens (including phenoxy) is 1. The first-order valence-electron chi connectivity index (χ1n) is 10.7. The van der Waals surface area contributed by atoms with Crippen LogP contribution in [0.4, 0.5) is 5.69 Å². The second kappa shape index (κ2) is 9.87. The number of nitrogens with zero attached hydrogens (tertiary/aromatic N) is 3. The zero-order chi connectivity index (χ0) is 20.8. The van der Waals surface area contributed by atoms with E-state index in [-0.39, 0.29) is 6.42 Å². The van der Waals surface area contributed by atoms with Gasteiger partial charge < -0.3 is 14.7 Å². The lowest BCUT2D eigenvalue weighted by Gasteiger charge is -2.36. The highest BCUT2D eigenvalue weighted by atomic mass is 16.5. The van der Waals surface area contributed by atoms with E-state index in [2.05, 4.69) is 58.3 Å². The lowest BCUT2D eigenvalue weighted by atomic mass is 9.99. The lowest BCUT2D eigenvalue weighted by Crippen LogP contribution is -2.49. The molecule has 0 spiro atoms. The SMILES string of the molecule is O=C(O)CCCOCCN1CCN(C2=Nc3ccccc3Cc3ccccc32)CC1. The highest BCUT2D eigenvalue weighted by molar-refractivity contribution is 6.02. The van der Waals surface area contributed by atoms with Crippen LogP contribution >= 0.6 is 0 Å². The number of aliphatic imine (C=N–C) groups is 1. The number of rotatable bonds is 7. The van der Waals surface area contributed by atoms with E-state index < -0.39 is 5.97 Å². The maximum Gasteiger partial charge on any atom is 0.303 e. The number of carboxylic acids is 1. The molecule has 2 aliphatic rings. The largest absolute Gasteiger partial charge is 0.481 e. The molecular formula is C24H29N3O3.